The van der Waals surface area contributed by atoms with Crippen LogP contribution in [0.3, 0.4) is 0 Å². The monoisotopic (exact) mass is 489 g/mol. The van der Waals surface area contributed by atoms with Crippen LogP contribution in [0.4, 0.5) is 5.95 Å². The summed E-state index contributed by atoms with van der Waals surface area (Å²) in [6, 6.07) is 10.2. The number of aromatic amines is 1. The Balaban J connectivity index is 1.50. The summed E-state index contributed by atoms with van der Waals surface area (Å²) in [4.78, 5) is 25.8. The van der Waals surface area contributed by atoms with Gasteiger partial charge in [-0.05, 0) is 29.8 Å². The molecule has 0 saturated carbocycles. The molecule has 0 aliphatic carbocycles. The Morgan fingerprint density at radius 1 is 1.19 bits per heavy atom. The summed E-state index contributed by atoms with van der Waals surface area (Å²) in [7, 11) is 0. The van der Waals surface area contributed by atoms with E-state index in [4.69, 9.17) is 5.73 Å². The minimum Gasteiger partial charge on any atom is -0.369 e. The lowest BCUT2D eigenvalue weighted by molar-refractivity contribution is 0.241. The van der Waals surface area contributed by atoms with Gasteiger partial charge in [0.2, 0.25) is 5.95 Å². The third-order valence-corrected chi connectivity index (χ3v) is 5.47. The Labute approximate surface area is 173 Å². The molecule has 27 heavy (non-hydrogen) atoms. The molecule has 8 heteroatoms. The number of H-pyrrole nitrogens is 1. The van der Waals surface area contributed by atoms with Gasteiger partial charge in [-0.15, -0.1) is 0 Å². The molecule has 0 unspecified atom stereocenters. The van der Waals surface area contributed by atoms with Crippen molar-refractivity contribution in [2.75, 3.05) is 12.3 Å². The predicted octanol–water partition coefficient (Wildman–Crippen LogP) is 3.50. The topological polar surface area (TPSA) is 87.9 Å². The van der Waals surface area contributed by atoms with Crippen molar-refractivity contribution >= 4 is 37.8 Å². The molecule has 2 aromatic heterocycles. The summed E-state index contributed by atoms with van der Waals surface area (Å²) in [6.45, 7) is 2.14. The Hall–Kier alpha value is -2.03. The van der Waals surface area contributed by atoms with Crippen LogP contribution in [0.2, 0.25) is 0 Å². The predicted molar refractivity (Wildman–Crippen MR) is 112 cm³/mol. The third kappa shape index (κ3) is 4.12. The lowest BCUT2D eigenvalue weighted by atomic mass is 10.1. The standard InChI is InChI=1S/C19H17Br2N5O/c20-13-5-12(6-14(21)7-13)16-2-1-11(8-23-16)9-26-4-3-17-15(10-26)18(27)25-19(22)24-17/h1-2,5-8H,3-4,9-10H2,(H3,22,24,25,27). The molecule has 3 aromatic rings. The zero-order chi connectivity index (χ0) is 19.0. The molecule has 0 radical (unpaired) electrons. The number of nitrogens with one attached hydrogen (secondary N) is 1. The Morgan fingerprint density at radius 3 is 2.67 bits per heavy atom. The number of benzene rings is 1. The number of halogens is 2. The van der Waals surface area contributed by atoms with Gasteiger partial charge >= 0.3 is 0 Å². The van der Waals surface area contributed by atoms with E-state index in [1.807, 2.05) is 30.5 Å². The van der Waals surface area contributed by atoms with Gasteiger partial charge in [0, 0.05) is 46.8 Å². The summed E-state index contributed by atoms with van der Waals surface area (Å²) < 4.78 is 2.01. The van der Waals surface area contributed by atoms with Gasteiger partial charge in [0.05, 0.1) is 17.0 Å². The van der Waals surface area contributed by atoms with Crippen LogP contribution in [0, 0.1) is 0 Å². The summed E-state index contributed by atoms with van der Waals surface area (Å²) in [6.07, 6.45) is 2.62. The molecule has 0 spiro atoms. The van der Waals surface area contributed by atoms with Crippen LogP contribution < -0.4 is 11.3 Å². The highest BCUT2D eigenvalue weighted by Gasteiger charge is 2.21. The van der Waals surface area contributed by atoms with Gasteiger partial charge in [0.25, 0.3) is 5.56 Å². The number of rotatable bonds is 3. The van der Waals surface area contributed by atoms with Crippen LogP contribution in [0.25, 0.3) is 11.3 Å². The number of nitrogens with two attached hydrogens (primary N) is 1. The number of hydrogen-bond acceptors (Lipinski definition) is 5. The number of nitrogen functional groups attached to an aromatic ring is 1. The van der Waals surface area contributed by atoms with Crippen LogP contribution in [0.1, 0.15) is 16.8 Å². The molecule has 6 nitrogen and oxygen atoms in total. The molecule has 138 valence electrons. The van der Waals surface area contributed by atoms with Gasteiger partial charge in [-0.1, -0.05) is 37.9 Å². The van der Waals surface area contributed by atoms with Gasteiger partial charge in [-0.25, -0.2) is 4.98 Å². The molecule has 1 aromatic carbocycles. The SMILES string of the molecule is Nc1nc2c(c(=O)[nH]1)CN(Cc1ccc(-c3cc(Br)cc(Br)c3)nc1)CC2. The summed E-state index contributed by atoms with van der Waals surface area (Å²) in [5, 5.41) is 0. The average Bonchev–Trinajstić information content (AvgIpc) is 2.62. The second-order valence-electron chi connectivity index (χ2n) is 6.55. The molecule has 0 fully saturated rings. The maximum Gasteiger partial charge on any atom is 0.257 e. The molecule has 0 bridgehead atoms. The number of hydrogen-bond donors (Lipinski definition) is 2. The Kier molecular flexibility index (Phi) is 5.12. The number of aromatic nitrogens is 3. The van der Waals surface area contributed by atoms with E-state index in [1.54, 1.807) is 0 Å². The fourth-order valence-electron chi connectivity index (χ4n) is 3.28. The van der Waals surface area contributed by atoms with E-state index in [1.165, 1.54) is 0 Å². The van der Waals surface area contributed by atoms with Crippen molar-refractivity contribution in [3.63, 3.8) is 0 Å². The first-order valence-corrected chi connectivity index (χ1v) is 10.1. The molecule has 0 saturated heterocycles. The number of fused-ring (bicyclic) bond motifs is 1. The summed E-state index contributed by atoms with van der Waals surface area (Å²) >= 11 is 7.02. The maximum absolute atomic E-state index is 12.1. The van der Waals surface area contributed by atoms with Gasteiger partial charge in [0.15, 0.2) is 0 Å². The van der Waals surface area contributed by atoms with Gasteiger partial charge in [-0.3, -0.25) is 19.7 Å². The van der Waals surface area contributed by atoms with Crippen molar-refractivity contribution in [3.05, 3.63) is 72.6 Å². The van der Waals surface area contributed by atoms with Crippen LogP contribution in [-0.4, -0.2) is 26.4 Å². The van der Waals surface area contributed by atoms with E-state index in [-0.39, 0.29) is 11.5 Å². The fraction of sp³-hybridized carbons (Fsp3) is 0.211. The lowest BCUT2D eigenvalue weighted by Gasteiger charge is -2.27. The first kappa shape index (κ1) is 18.3. The van der Waals surface area contributed by atoms with Crippen molar-refractivity contribution in [2.45, 2.75) is 19.5 Å². The van der Waals surface area contributed by atoms with E-state index < -0.39 is 0 Å². The van der Waals surface area contributed by atoms with E-state index in [0.717, 1.165) is 51.0 Å². The van der Waals surface area contributed by atoms with Crippen molar-refractivity contribution in [2.24, 2.45) is 0 Å². The molecule has 3 N–H and O–H groups in total. The highest BCUT2D eigenvalue weighted by molar-refractivity contribution is 9.11. The van der Waals surface area contributed by atoms with Gasteiger partial charge in [-0.2, -0.15) is 0 Å². The first-order valence-electron chi connectivity index (χ1n) is 8.49. The van der Waals surface area contributed by atoms with Gasteiger partial charge < -0.3 is 5.73 Å². The van der Waals surface area contributed by atoms with E-state index in [2.05, 4.69) is 57.8 Å². The number of anilines is 1. The second kappa shape index (κ2) is 7.53. The molecule has 0 atom stereocenters. The average molecular weight is 491 g/mol. The molecular weight excluding hydrogens is 474 g/mol. The molecular formula is C19H17Br2N5O. The maximum atomic E-state index is 12.1. The summed E-state index contributed by atoms with van der Waals surface area (Å²) in [5.41, 5.74) is 10.1. The third-order valence-electron chi connectivity index (χ3n) is 4.56. The zero-order valence-corrected chi connectivity index (χ0v) is 17.5. The van der Waals surface area contributed by atoms with E-state index >= 15 is 0 Å². The minimum atomic E-state index is -0.143. The van der Waals surface area contributed by atoms with Crippen molar-refractivity contribution in [1.82, 2.24) is 19.9 Å². The zero-order valence-electron chi connectivity index (χ0n) is 14.4. The summed E-state index contributed by atoms with van der Waals surface area (Å²) in [5.74, 6) is 0.186. The number of pyridine rings is 1. The van der Waals surface area contributed by atoms with Gasteiger partial charge in [0.1, 0.15) is 0 Å². The van der Waals surface area contributed by atoms with Crippen LogP contribution in [0.15, 0.2) is 50.3 Å². The van der Waals surface area contributed by atoms with Crippen LogP contribution in [0.5, 0.6) is 0 Å². The normalized spacial score (nSPS) is 14.1. The van der Waals surface area contributed by atoms with Crippen LogP contribution >= 0.6 is 31.9 Å². The fourth-order valence-corrected chi connectivity index (χ4v) is 4.58. The van der Waals surface area contributed by atoms with E-state index in [9.17, 15) is 4.79 Å². The van der Waals surface area contributed by atoms with Crippen molar-refractivity contribution < 1.29 is 0 Å². The molecule has 4 rings (SSSR count). The highest BCUT2D eigenvalue weighted by atomic mass is 79.9. The molecule has 1 aliphatic heterocycles. The lowest BCUT2D eigenvalue weighted by Crippen LogP contribution is -2.35. The smallest absolute Gasteiger partial charge is 0.257 e. The minimum absolute atomic E-state index is 0.143. The van der Waals surface area contributed by atoms with Crippen LogP contribution in [-0.2, 0) is 19.5 Å². The molecule has 3 heterocycles. The first-order chi connectivity index (χ1) is 13.0. The van der Waals surface area contributed by atoms with Crippen molar-refractivity contribution in [1.29, 1.82) is 0 Å². The Morgan fingerprint density at radius 2 is 1.96 bits per heavy atom. The van der Waals surface area contributed by atoms with E-state index in [0.29, 0.717) is 12.1 Å². The largest absolute Gasteiger partial charge is 0.369 e. The number of nitrogens with zero attached hydrogens (tertiary/aromatic N) is 3. The Bertz CT molecular complexity index is 1030. The highest BCUT2D eigenvalue weighted by Crippen LogP contribution is 2.27. The quantitative estimate of drug-likeness (QED) is 0.586. The second-order valence-corrected chi connectivity index (χ2v) is 8.38. The molecule has 1 aliphatic rings. The molecule has 0 amide bonds. The van der Waals surface area contributed by atoms with Crippen molar-refractivity contribution in [3.8, 4) is 11.3 Å².